The molecule has 0 aromatic heterocycles. The Bertz CT molecular complexity index is 1700. The van der Waals surface area contributed by atoms with E-state index in [1.54, 1.807) is 27.7 Å². The summed E-state index contributed by atoms with van der Waals surface area (Å²) in [4.78, 5) is 34.4. The fourth-order valence-electron chi connectivity index (χ4n) is 13.2. The Labute approximate surface area is 383 Å². The summed E-state index contributed by atoms with van der Waals surface area (Å²) in [7, 11) is -4.12. The Morgan fingerprint density at radius 3 is 1.90 bits per heavy atom. The molecule has 9 atom stereocenters. The molecule has 3 fully saturated rings. The van der Waals surface area contributed by atoms with Crippen molar-refractivity contribution < 1.29 is 38.3 Å². The van der Waals surface area contributed by atoms with Crippen molar-refractivity contribution in [1.29, 1.82) is 0 Å². The fourth-order valence-corrected chi connectivity index (χ4v) is 14.1. The summed E-state index contributed by atoms with van der Waals surface area (Å²) in [6.07, 6.45) is 26.8. The molecule has 358 valence electrons. The van der Waals surface area contributed by atoms with E-state index >= 15 is 0 Å². The highest BCUT2D eigenvalue weighted by Crippen LogP contribution is 2.68. The first kappa shape index (κ1) is 52.0. The molecule has 4 aliphatic carbocycles. The van der Waals surface area contributed by atoms with Crippen molar-refractivity contribution in [2.24, 2.45) is 57.2 Å². The first-order chi connectivity index (χ1) is 29.6. The van der Waals surface area contributed by atoms with E-state index in [-0.39, 0.29) is 18.1 Å². The van der Waals surface area contributed by atoms with Gasteiger partial charge in [-0.25, -0.2) is 4.57 Å². The van der Waals surface area contributed by atoms with Crippen LogP contribution < -0.4 is 0 Å². The van der Waals surface area contributed by atoms with Gasteiger partial charge in [0.15, 0.2) is 0 Å². The van der Waals surface area contributed by atoms with E-state index in [0.29, 0.717) is 24.2 Å². The van der Waals surface area contributed by atoms with Gasteiger partial charge in [0.2, 0.25) is 0 Å². The average molecular weight is 897 g/mol. The summed E-state index contributed by atoms with van der Waals surface area (Å²) < 4.78 is 24.5. The van der Waals surface area contributed by atoms with Crippen LogP contribution in [0.1, 0.15) is 207 Å². The summed E-state index contributed by atoms with van der Waals surface area (Å²) in [5.41, 5.74) is 3.36. The largest absolute Gasteiger partial charge is 0.481 e. The van der Waals surface area contributed by atoms with Gasteiger partial charge < -0.3 is 15.1 Å². The highest BCUT2D eigenvalue weighted by Gasteiger charge is 2.59. The van der Waals surface area contributed by atoms with Crippen LogP contribution in [0.3, 0.4) is 0 Å². The van der Waals surface area contributed by atoms with Crippen LogP contribution in [0, 0.1) is 57.2 Å². The van der Waals surface area contributed by atoms with Crippen molar-refractivity contribution in [3.05, 3.63) is 46.5 Å². The molecule has 0 radical (unpaired) electrons. The highest BCUT2D eigenvalue weighted by molar-refractivity contribution is 7.47. The number of carboxylic acid groups (broad SMARTS) is 2. The van der Waals surface area contributed by atoms with Gasteiger partial charge >= 0.3 is 19.8 Å². The quantitative estimate of drug-likeness (QED) is 0.0476. The van der Waals surface area contributed by atoms with Crippen molar-refractivity contribution in [3.8, 4) is 0 Å². The number of aliphatic carboxylic acids is 2. The van der Waals surface area contributed by atoms with Gasteiger partial charge in [-0.1, -0.05) is 129 Å². The molecule has 8 nitrogen and oxygen atoms in total. The van der Waals surface area contributed by atoms with E-state index in [1.807, 2.05) is 6.07 Å². The Morgan fingerprint density at radius 2 is 1.32 bits per heavy atom. The van der Waals surface area contributed by atoms with E-state index in [9.17, 15) is 29.3 Å². The zero-order chi connectivity index (χ0) is 46.2. The number of aryl methyl sites for hydroxylation is 1. The fraction of sp³-hybridized carbons (Fsp3) is 0.815. The Balaban J connectivity index is 0.961. The molecule has 0 saturated heterocycles. The molecular formula is C54H89O8P. The highest BCUT2D eigenvalue weighted by atomic mass is 31.2. The van der Waals surface area contributed by atoms with Crippen molar-refractivity contribution in [3.63, 3.8) is 0 Å². The van der Waals surface area contributed by atoms with Crippen molar-refractivity contribution in [1.82, 2.24) is 0 Å². The van der Waals surface area contributed by atoms with Crippen LogP contribution in [0.4, 0.5) is 0 Å². The minimum absolute atomic E-state index is 0.176. The lowest BCUT2D eigenvalue weighted by Gasteiger charge is -2.58. The zero-order valence-electron chi connectivity index (χ0n) is 41.2. The molecule has 1 aromatic carbocycles. The Morgan fingerprint density at radius 1 is 0.746 bits per heavy atom. The molecule has 3 N–H and O–H groups in total. The maximum Gasteiger partial charge on any atom is 0.472 e. The molecule has 5 rings (SSSR count). The lowest BCUT2D eigenvalue weighted by atomic mass is 9.47. The molecule has 6 unspecified atom stereocenters. The van der Waals surface area contributed by atoms with Crippen molar-refractivity contribution >= 4 is 19.8 Å². The van der Waals surface area contributed by atoms with Gasteiger partial charge in [0, 0.05) is 0 Å². The summed E-state index contributed by atoms with van der Waals surface area (Å²) in [6, 6.07) is 6.19. The van der Waals surface area contributed by atoms with Gasteiger partial charge in [-0.15, -0.1) is 0 Å². The number of hydrogen-bond acceptors (Lipinski definition) is 5. The number of rotatable bonds is 26. The summed E-state index contributed by atoms with van der Waals surface area (Å²) >= 11 is 0. The van der Waals surface area contributed by atoms with E-state index in [1.165, 1.54) is 50.5 Å². The molecule has 4 aliphatic rings. The summed E-state index contributed by atoms with van der Waals surface area (Å²) in [6.45, 7) is 19.6. The van der Waals surface area contributed by atoms with E-state index in [4.69, 9.17) is 9.05 Å². The number of phosphoric acid groups is 1. The first-order valence-electron chi connectivity index (χ1n) is 25.5. The number of carboxylic acids is 2. The number of unbranched alkanes of at least 4 members (excludes halogenated alkanes) is 8. The predicted molar refractivity (Wildman–Crippen MR) is 256 cm³/mol. The SMILES string of the molecule is CC(C)CCCC(C)C1CCC2C3CC=C4C[C@@H](OP(=O)(O)OCCCCCCCCCCCc5cc(CC(C)(C)C(=O)O)cc(CC(C)(C)C(=O)O)c5)CC[C@]4(C)C3CC[C@]12C. The minimum atomic E-state index is -4.12. The molecule has 0 heterocycles. The van der Waals surface area contributed by atoms with Crippen LogP contribution in [0.25, 0.3) is 0 Å². The minimum Gasteiger partial charge on any atom is -0.481 e. The van der Waals surface area contributed by atoms with E-state index in [0.717, 1.165) is 136 Å². The average Bonchev–Trinajstić information content (AvgIpc) is 3.55. The number of carbonyl (C=O) groups is 2. The van der Waals surface area contributed by atoms with Crippen molar-refractivity contribution in [2.75, 3.05) is 6.61 Å². The van der Waals surface area contributed by atoms with Crippen LogP contribution in [0.15, 0.2) is 29.8 Å². The molecule has 9 heteroatoms. The van der Waals surface area contributed by atoms with Gasteiger partial charge in [-0.3, -0.25) is 18.6 Å². The molecular weight excluding hydrogens is 808 g/mol. The van der Waals surface area contributed by atoms with E-state index in [2.05, 4.69) is 52.8 Å². The van der Waals surface area contributed by atoms with Crippen LogP contribution in [0.2, 0.25) is 0 Å². The lowest BCUT2D eigenvalue weighted by Crippen LogP contribution is -2.51. The molecule has 1 aromatic rings. The lowest BCUT2D eigenvalue weighted by molar-refractivity contribution is -0.147. The molecule has 0 spiro atoms. The van der Waals surface area contributed by atoms with Gasteiger partial charge in [-0.05, 0) is 174 Å². The second kappa shape index (κ2) is 22.2. The van der Waals surface area contributed by atoms with Gasteiger partial charge in [0.1, 0.15) is 0 Å². The number of phosphoric ester groups is 1. The standard InChI is InChI=1S/C54H89O8P/c1-38(2)20-19-21-39(3)46-25-26-47-45-24-23-43-35-44(27-29-53(43,8)48(45)28-30-54(46,47)9)62-63(59,60)61-31-18-16-14-12-10-11-13-15-17-22-40-32-41(36-51(4,5)49(55)56)34-42(33-40)37-52(6,7)50(57)58/h23,32-34,38-39,44-48H,10-22,24-31,35-37H2,1-9H3,(H,55,56)(H,57,58)(H,59,60)/t39?,44-,45?,46?,47?,48?,53-,54+/m0/s1. The van der Waals surface area contributed by atoms with Crippen LogP contribution in [0.5, 0.6) is 0 Å². The molecule has 0 amide bonds. The second-order valence-electron chi connectivity index (χ2n) is 23.4. The molecule has 0 aliphatic heterocycles. The Hall–Kier alpha value is -1.99. The second-order valence-corrected chi connectivity index (χ2v) is 24.8. The van der Waals surface area contributed by atoms with E-state index < -0.39 is 30.6 Å². The normalized spacial score (nSPS) is 28.7. The molecule has 3 saturated carbocycles. The molecule has 0 bridgehead atoms. The molecule has 63 heavy (non-hydrogen) atoms. The van der Waals surface area contributed by atoms with Crippen LogP contribution in [-0.4, -0.2) is 39.8 Å². The summed E-state index contributed by atoms with van der Waals surface area (Å²) in [5, 5.41) is 19.4. The number of hydrogen-bond donors (Lipinski definition) is 3. The number of allylic oxidation sites excluding steroid dienone is 1. The van der Waals surface area contributed by atoms with Gasteiger partial charge in [0.25, 0.3) is 0 Å². The third kappa shape index (κ3) is 13.8. The number of fused-ring (bicyclic) bond motifs is 5. The van der Waals surface area contributed by atoms with Crippen LogP contribution >= 0.6 is 7.82 Å². The third-order valence-corrected chi connectivity index (χ3v) is 18.0. The van der Waals surface area contributed by atoms with Crippen LogP contribution in [-0.2, 0) is 42.5 Å². The maximum absolute atomic E-state index is 13.1. The van der Waals surface area contributed by atoms with Crippen molar-refractivity contribution in [2.45, 2.75) is 216 Å². The predicted octanol–water partition coefficient (Wildman–Crippen LogP) is 14.6. The third-order valence-electron chi connectivity index (χ3n) is 17.0. The maximum atomic E-state index is 13.1. The summed E-state index contributed by atoms with van der Waals surface area (Å²) in [5.74, 6) is 3.10. The first-order valence-corrected chi connectivity index (χ1v) is 27.0. The zero-order valence-corrected chi connectivity index (χ0v) is 42.0. The van der Waals surface area contributed by atoms with Gasteiger partial charge in [-0.2, -0.15) is 0 Å². The Kier molecular flexibility index (Phi) is 18.3. The van der Waals surface area contributed by atoms with Gasteiger partial charge in [0.05, 0.1) is 23.5 Å². The number of benzene rings is 1. The monoisotopic (exact) mass is 897 g/mol. The topological polar surface area (TPSA) is 130 Å². The smallest absolute Gasteiger partial charge is 0.472 e.